The first-order valence-corrected chi connectivity index (χ1v) is 11.9. The van der Waals surface area contributed by atoms with Crippen molar-refractivity contribution in [1.82, 2.24) is 5.06 Å². The van der Waals surface area contributed by atoms with E-state index in [0.29, 0.717) is 5.06 Å². The second kappa shape index (κ2) is 10.2. The molecule has 0 radical (unpaired) electrons. The van der Waals surface area contributed by atoms with Crippen molar-refractivity contribution in [2.24, 2.45) is 0 Å². The van der Waals surface area contributed by atoms with Crippen molar-refractivity contribution in [3.05, 3.63) is 70.9 Å². The average Bonchev–Trinajstić information content (AvgIpc) is 3.26. The van der Waals surface area contributed by atoms with Crippen molar-refractivity contribution in [2.75, 3.05) is 5.75 Å². The van der Waals surface area contributed by atoms with Gasteiger partial charge in [-0.15, -0.1) is 24.5 Å². The second-order valence-electron chi connectivity index (χ2n) is 6.80. The molecule has 0 aliphatic rings. The highest BCUT2D eigenvalue weighted by Gasteiger charge is 2.31. The molecule has 1 aromatic heterocycles. The van der Waals surface area contributed by atoms with Crippen LogP contribution in [0, 0.1) is 0 Å². The molecule has 0 saturated carbocycles. The third kappa shape index (κ3) is 7.20. The van der Waals surface area contributed by atoms with Crippen LogP contribution in [-0.2, 0) is 21.1 Å². The van der Waals surface area contributed by atoms with Crippen LogP contribution in [-0.4, -0.2) is 43.3 Å². The molecule has 0 aliphatic carbocycles. The van der Waals surface area contributed by atoms with Crippen LogP contribution in [0.25, 0.3) is 0 Å². The maximum atomic E-state index is 12.8. The quantitative estimate of drug-likeness (QED) is 0.247. The summed E-state index contributed by atoms with van der Waals surface area (Å²) in [6.45, 7) is 0. The Morgan fingerprint density at radius 1 is 1.00 bits per heavy atom. The van der Waals surface area contributed by atoms with Crippen LogP contribution >= 0.6 is 11.3 Å². The van der Waals surface area contributed by atoms with E-state index < -0.39 is 33.7 Å². The zero-order valence-electron chi connectivity index (χ0n) is 16.8. The van der Waals surface area contributed by atoms with Gasteiger partial charge in [-0.25, -0.2) is 13.5 Å². The lowest BCUT2D eigenvalue weighted by atomic mass is 10.2. The van der Waals surface area contributed by atoms with Gasteiger partial charge in [-0.3, -0.25) is 10.0 Å². The number of rotatable bonds is 10. The van der Waals surface area contributed by atoms with Gasteiger partial charge in [0.1, 0.15) is 17.2 Å². The lowest BCUT2D eigenvalue weighted by molar-refractivity contribution is -0.274. The van der Waals surface area contributed by atoms with E-state index in [1.807, 2.05) is 0 Å². The first-order chi connectivity index (χ1) is 15.6. The number of carbonyl (C=O) groups excluding carboxylic acids is 1. The van der Waals surface area contributed by atoms with Gasteiger partial charge in [-0.1, -0.05) is 6.07 Å². The predicted octanol–water partition coefficient (Wildman–Crippen LogP) is 4.67. The smallest absolute Gasteiger partial charge is 0.457 e. The van der Waals surface area contributed by atoms with E-state index >= 15 is 0 Å². The monoisotopic (exact) mass is 501 g/mol. The minimum Gasteiger partial charge on any atom is -0.457 e. The minimum atomic E-state index is -4.80. The standard InChI is InChI=1S/C21H18F3NO6S2/c22-21(23,24)31-18-5-3-16(4-6-18)30-17-7-9-20(10-8-17)33(28,29)13-15(25(27)14-26)12-19-2-1-11-32-19/h1-11,14-15,27H,12-13H2. The number of amides is 1. The van der Waals surface area contributed by atoms with E-state index in [1.165, 1.54) is 47.7 Å². The summed E-state index contributed by atoms with van der Waals surface area (Å²) in [6, 6.07) is 12.7. The van der Waals surface area contributed by atoms with Crippen molar-refractivity contribution in [3.63, 3.8) is 0 Å². The van der Waals surface area contributed by atoms with Gasteiger partial charge in [0.15, 0.2) is 9.84 Å². The summed E-state index contributed by atoms with van der Waals surface area (Å²) < 4.78 is 71.6. The number of ether oxygens (including phenoxy) is 2. The summed E-state index contributed by atoms with van der Waals surface area (Å²) in [4.78, 5) is 11.8. The normalized spacial score (nSPS) is 12.7. The highest BCUT2D eigenvalue weighted by molar-refractivity contribution is 7.91. The van der Waals surface area contributed by atoms with Gasteiger partial charge in [0, 0.05) is 11.3 Å². The first kappa shape index (κ1) is 24.6. The number of benzene rings is 2. The van der Waals surface area contributed by atoms with Gasteiger partial charge in [0.2, 0.25) is 6.41 Å². The van der Waals surface area contributed by atoms with Gasteiger partial charge >= 0.3 is 6.36 Å². The van der Waals surface area contributed by atoms with E-state index in [4.69, 9.17) is 4.74 Å². The molecule has 1 amide bonds. The topological polar surface area (TPSA) is 93.1 Å². The number of hydrogen-bond donors (Lipinski definition) is 1. The summed E-state index contributed by atoms with van der Waals surface area (Å²) in [5, 5.41) is 12.0. The van der Waals surface area contributed by atoms with Crippen molar-refractivity contribution >= 4 is 27.6 Å². The van der Waals surface area contributed by atoms with E-state index in [0.717, 1.165) is 17.0 Å². The molecule has 0 bridgehead atoms. The van der Waals surface area contributed by atoms with Gasteiger partial charge in [0.25, 0.3) is 0 Å². The summed E-state index contributed by atoms with van der Waals surface area (Å²) in [5.74, 6) is -0.425. The fourth-order valence-corrected chi connectivity index (χ4v) is 5.18. The fraction of sp³-hybridized carbons (Fsp3) is 0.190. The Balaban J connectivity index is 1.68. The van der Waals surface area contributed by atoms with Crippen LogP contribution in [0.1, 0.15) is 4.88 Å². The molecule has 1 N–H and O–H groups in total. The van der Waals surface area contributed by atoms with Gasteiger partial charge in [0.05, 0.1) is 16.7 Å². The number of hydroxylamine groups is 2. The predicted molar refractivity (Wildman–Crippen MR) is 113 cm³/mol. The Kier molecular flexibility index (Phi) is 7.61. The number of alkyl halides is 3. The number of carbonyl (C=O) groups is 1. The molecule has 1 heterocycles. The Labute approximate surface area is 191 Å². The largest absolute Gasteiger partial charge is 0.573 e. The lowest BCUT2D eigenvalue weighted by Gasteiger charge is -2.22. The van der Waals surface area contributed by atoms with Crippen LogP contribution in [0.3, 0.4) is 0 Å². The molecule has 176 valence electrons. The average molecular weight is 502 g/mol. The lowest BCUT2D eigenvalue weighted by Crippen LogP contribution is -2.38. The van der Waals surface area contributed by atoms with E-state index in [-0.39, 0.29) is 29.2 Å². The van der Waals surface area contributed by atoms with Gasteiger partial charge in [-0.2, -0.15) is 0 Å². The Bertz CT molecular complexity index is 1150. The zero-order valence-corrected chi connectivity index (χ0v) is 18.4. The Hall–Kier alpha value is -3.09. The molecule has 3 rings (SSSR count). The maximum absolute atomic E-state index is 12.8. The van der Waals surface area contributed by atoms with Crippen LogP contribution in [0.5, 0.6) is 17.2 Å². The zero-order chi connectivity index (χ0) is 24.1. The summed E-state index contributed by atoms with van der Waals surface area (Å²) >= 11 is 1.38. The highest BCUT2D eigenvalue weighted by Crippen LogP contribution is 2.28. The summed E-state index contributed by atoms with van der Waals surface area (Å²) in [7, 11) is -3.86. The van der Waals surface area contributed by atoms with Crippen molar-refractivity contribution in [3.8, 4) is 17.2 Å². The first-order valence-electron chi connectivity index (χ1n) is 9.37. The minimum absolute atomic E-state index is 0.0424. The molecule has 12 heteroatoms. The fourth-order valence-electron chi connectivity index (χ4n) is 2.89. The third-order valence-corrected chi connectivity index (χ3v) is 7.10. The molecule has 0 fully saturated rings. The van der Waals surface area contributed by atoms with Crippen LogP contribution in [0.2, 0.25) is 0 Å². The molecule has 1 unspecified atom stereocenters. The highest BCUT2D eigenvalue weighted by atomic mass is 32.2. The molecule has 3 aromatic rings. The molecule has 0 saturated heterocycles. The number of sulfone groups is 1. The third-order valence-electron chi connectivity index (χ3n) is 4.39. The van der Waals surface area contributed by atoms with E-state index in [9.17, 15) is 31.6 Å². The molecule has 7 nitrogen and oxygen atoms in total. The summed E-state index contributed by atoms with van der Waals surface area (Å²) in [5.41, 5.74) is 0. The van der Waals surface area contributed by atoms with E-state index in [1.54, 1.807) is 17.5 Å². The number of nitrogens with zero attached hydrogens (tertiary/aromatic N) is 1. The Morgan fingerprint density at radius 3 is 2.09 bits per heavy atom. The molecule has 0 aliphatic heterocycles. The molecule has 0 spiro atoms. The van der Waals surface area contributed by atoms with Crippen LogP contribution in [0.15, 0.2) is 70.9 Å². The van der Waals surface area contributed by atoms with Crippen molar-refractivity contribution in [2.45, 2.75) is 23.7 Å². The molecule has 1 atom stereocenters. The Morgan fingerprint density at radius 2 is 1.58 bits per heavy atom. The van der Waals surface area contributed by atoms with E-state index in [2.05, 4.69) is 4.74 Å². The molecular formula is C21H18F3NO6S2. The van der Waals surface area contributed by atoms with Crippen molar-refractivity contribution in [1.29, 1.82) is 0 Å². The SMILES string of the molecule is O=CN(O)C(Cc1cccs1)CS(=O)(=O)c1ccc(Oc2ccc(OC(F)(F)F)cc2)cc1. The molecular weight excluding hydrogens is 483 g/mol. The maximum Gasteiger partial charge on any atom is 0.573 e. The van der Waals surface area contributed by atoms with Gasteiger partial charge in [-0.05, 0) is 60.0 Å². The second-order valence-corrected chi connectivity index (χ2v) is 9.86. The molecule has 2 aromatic carbocycles. The van der Waals surface area contributed by atoms with Crippen molar-refractivity contribution < 1.29 is 41.1 Å². The number of hydrogen-bond acceptors (Lipinski definition) is 7. The number of thiophene rings is 1. The number of halogens is 3. The molecule has 33 heavy (non-hydrogen) atoms. The summed E-state index contributed by atoms with van der Waals surface area (Å²) in [6.07, 6.45) is -4.47. The van der Waals surface area contributed by atoms with Crippen LogP contribution < -0.4 is 9.47 Å². The van der Waals surface area contributed by atoms with Crippen LogP contribution in [0.4, 0.5) is 13.2 Å². The van der Waals surface area contributed by atoms with Gasteiger partial charge < -0.3 is 9.47 Å².